The van der Waals surface area contributed by atoms with Crippen LogP contribution >= 0.6 is 0 Å². The van der Waals surface area contributed by atoms with Gasteiger partial charge in [0.1, 0.15) is 29.1 Å². The Morgan fingerprint density at radius 1 is 1.17 bits per heavy atom. The molecule has 2 atom stereocenters. The number of hydrogen-bond donors (Lipinski definition) is 2. The van der Waals surface area contributed by atoms with Crippen LogP contribution in [0, 0.1) is 5.82 Å². The molecule has 0 spiro atoms. The van der Waals surface area contributed by atoms with Gasteiger partial charge in [0, 0.05) is 31.8 Å². The summed E-state index contributed by atoms with van der Waals surface area (Å²) in [6.07, 6.45) is -4.72. The van der Waals surface area contributed by atoms with Crippen molar-refractivity contribution < 1.29 is 41.0 Å². The molecule has 1 aliphatic carbocycles. The summed E-state index contributed by atoms with van der Waals surface area (Å²) in [4.78, 5) is 34.4. The number of alkyl halides is 4. The fourth-order valence-electron chi connectivity index (χ4n) is 4.94. The van der Waals surface area contributed by atoms with E-state index in [0.717, 1.165) is 12.1 Å². The van der Waals surface area contributed by atoms with Crippen LogP contribution in [0.15, 0.2) is 36.5 Å². The van der Waals surface area contributed by atoms with Crippen molar-refractivity contribution in [3.8, 4) is 17.4 Å². The molecule has 1 aromatic heterocycles. The predicted octanol–water partition coefficient (Wildman–Crippen LogP) is 5.08. The first-order valence-corrected chi connectivity index (χ1v) is 13.0. The first-order chi connectivity index (χ1) is 19.9. The Morgan fingerprint density at radius 3 is 2.67 bits per heavy atom. The summed E-state index contributed by atoms with van der Waals surface area (Å²) >= 11 is 0. The van der Waals surface area contributed by atoms with E-state index in [1.54, 1.807) is 24.1 Å². The molecule has 2 aromatic carbocycles. The number of halogens is 5. The molecule has 5 rings (SSSR count). The zero-order valence-electron chi connectivity index (χ0n) is 22.5. The summed E-state index contributed by atoms with van der Waals surface area (Å²) in [5.74, 6) is -3.52. The lowest BCUT2D eigenvalue weighted by Gasteiger charge is -2.32. The van der Waals surface area contributed by atoms with Crippen molar-refractivity contribution in [2.75, 3.05) is 32.6 Å². The van der Waals surface area contributed by atoms with Gasteiger partial charge in [-0.2, -0.15) is 18.2 Å². The maximum atomic E-state index is 15.1. The van der Waals surface area contributed by atoms with Gasteiger partial charge in [-0.15, -0.1) is 0 Å². The number of nitrogens with one attached hydrogen (secondary N) is 2. The number of hydrogen-bond acceptors (Lipinski definition) is 8. The number of Topliss-reactive ketones (excluding diaryl/α,β-unsaturated/α-hetero) is 1. The molecule has 0 bridgehead atoms. The van der Waals surface area contributed by atoms with Crippen molar-refractivity contribution in [3.05, 3.63) is 64.6 Å². The van der Waals surface area contributed by atoms with E-state index in [2.05, 4.69) is 20.6 Å². The van der Waals surface area contributed by atoms with E-state index in [0.29, 0.717) is 31.1 Å². The van der Waals surface area contributed by atoms with E-state index in [-0.39, 0.29) is 41.5 Å². The Bertz CT molecular complexity index is 1530. The van der Waals surface area contributed by atoms with Crippen molar-refractivity contribution in [1.82, 2.24) is 20.2 Å². The molecule has 0 radical (unpaired) electrons. The van der Waals surface area contributed by atoms with E-state index in [4.69, 9.17) is 9.47 Å². The van der Waals surface area contributed by atoms with Crippen molar-refractivity contribution in [1.29, 1.82) is 0 Å². The molecule has 1 amide bonds. The number of piperidine rings is 1. The number of carbonyl (C=O) groups excluding carboxylic acids is 2. The number of aryl methyl sites for hydroxylation is 1. The van der Waals surface area contributed by atoms with Gasteiger partial charge in [0.25, 0.3) is 5.91 Å². The molecular weight excluding hydrogens is 565 g/mol. The minimum Gasteiger partial charge on any atom is -0.495 e. The summed E-state index contributed by atoms with van der Waals surface area (Å²) in [7, 11) is 2.99. The minimum absolute atomic E-state index is 0.0563. The number of fused-ring (bicyclic) bond motifs is 1. The Balaban J connectivity index is 1.42. The second-order valence-electron chi connectivity index (χ2n) is 10.0. The topological polar surface area (TPSA) is 106 Å². The van der Waals surface area contributed by atoms with Gasteiger partial charge in [0.2, 0.25) is 11.8 Å². The first kappa shape index (κ1) is 29.2. The van der Waals surface area contributed by atoms with Gasteiger partial charge in [-0.05, 0) is 37.6 Å². The number of benzene rings is 2. The number of ether oxygens (including phenoxy) is 2. The van der Waals surface area contributed by atoms with Crippen molar-refractivity contribution in [3.63, 3.8) is 0 Å². The van der Waals surface area contributed by atoms with Crippen LogP contribution < -0.4 is 20.1 Å². The first-order valence-electron chi connectivity index (χ1n) is 13.0. The Kier molecular flexibility index (Phi) is 7.99. The molecule has 9 nitrogen and oxygen atoms in total. The van der Waals surface area contributed by atoms with E-state index in [1.807, 2.05) is 0 Å². The molecule has 1 saturated heterocycles. The van der Waals surface area contributed by atoms with Crippen molar-refractivity contribution >= 4 is 23.3 Å². The lowest BCUT2D eigenvalue weighted by Crippen LogP contribution is -2.51. The third-order valence-electron chi connectivity index (χ3n) is 7.12. The Labute approximate surface area is 237 Å². The van der Waals surface area contributed by atoms with Crippen LogP contribution in [-0.4, -0.2) is 66.0 Å². The van der Waals surface area contributed by atoms with Gasteiger partial charge in [-0.25, -0.2) is 13.8 Å². The predicted molar refractivity (Wildman–Crippen MR) is 141 cm³/mol. The largest absolute Gasteiger partial charge is 0.495 e. The summed E-state index contributed by atoms with van der Waals surface area (Å²) in [5, 5.41) is 5.10. The van der Waals surface area contributed by atoms with Crippen molar-refractivity contribution in [2.45, 2.75) is 37.7 Å². The molecule has 0 saturated carbocycles. The number of ketones is 1. The number of rotatable bonds is 7. The molecular formula is C28H26F5N5O4. The van der Waals surface area contributed by atoms with E-state index < -0.39 is 53.1 Å². The average molecular weight is 592 g/mol. The van der Waals surface area contributed by atoms with Crippen LogP contribution in [0.3, 0.4) is 0 Å². The number of nitrogens with zero attached hydrogens (tertiary/aromatic N) is 3. The maximum Gasteiger partial charge on any atom is 0.423 e. The highest BCUT2D eigenvalue weighted by molar-refractivity contribution is 6.03. The molecule has 0 unspecified atom stereocenters. The zero-order valence-corrected chi connectivity index (χ0v) is 22.5. The molecule has 2 aliphatic rings. The number of carbonyl (C=O) groups is 2. The van der Waals surface area contributed by atoms with Gasteiger partial charge >= 0.3 is 6.18 Å². The van der Waals surface area contributed by atoms with Crippen LogP contribution in [0.5, 0.6) is 17.4 Å². The molecule has 14 heteroatoms. The molecule has 222 valence electrons. The van der Waals surface area contributed by atoms with Crippen LogP contribution in [0.2, 0.25) is 0 Å². The van der Waals surface area contributed by atoms with Gasteiger partial charge in [0.15, 0.2) is 5.78 Å². The quantitative estimate of drug-likeness (QED) is 0.367. The fraction of sp³-hybridized carbons (Fsp3) is 0.357. The van der Waals surface area contributed by atoms with Gasteiger partial charge in [-0.1, -0.05) is 12.1 Å². The fourth-order valence-corrected chi connectivity index (χ4v) is 4.94. The summed E-state index contributed by atoms with van der Waals surface area (Å²) in [6, 6.07) is 5.80. The average Bonchev–Trinajstić information content (AvgIpc) is 3.31. The molecule has 1 fully saturated rings. The number of amides is 1. The van der Waals surface area contributed by atoms with Gasteiger partial charge in [0.05, 0.1) is 30.0 Å². The standard InChI is InChI=1S/C28H26F5N5O4/c1-38-9-8-19(18(30)13-38)35-25(40)15-10-23(41-2)20(11-17(15)29)36-27-34-12-16(28(31,32)33)26(37-27)42-22-5-3-4-14-6-7-21(39)24(14)22/h3-5,10-12,18-19H,6-9,13H2,1-2H3,(H,35,40)(H,34,36,37)/t18-,19+/m0/s1. The van der Waals surface area contributed by atoms with E-state index in [9.17, 15) is 27.2 Å². The lowest BCUT2D eigenvalue weighted by atomic mass is 10.0. The van der Waals surface area contributed by atoms with Crippen LogP contribution in [-0.2, 0) is 12.6 Å². The number of anilines is 2. The summed E-state index contributed by atoms with van der Waals surface area (Å²) in [6.45, 7) is 0.684. The second kappa shape index (κ2) is 11.5. The highest BCUT2D eigenvalue weighted by Crippen LogP contribution is 2.40. The Hall–Kier alpha value is -4.33. The van der Waals surface area contributed by atoms with Crippen LogP contribution in [0.25, 0.3) is 0 Å². The smallest absolute Gasteiger partial charge is 0.423 e. The van der Waals surface area contributed by atoms with Crippen LogP contribution in [0.4, 0.5) is 33.6 Å². The third-order valence-corrected chi connectivity index (χ3v) is 7.12. The summed E-state index contributed by atoms with van der Waals surface area (Å²) in [5.41, 5.74) is -0.961. The second-order valence-corrected chi connectivity index (χ2v) is 10.0. The molecule has 2 heterocycles. The van der Waals surface area contributed by atoms with E-state index in [1.165, 1.54) is 13.2 Å². The summed E-state index contributed by atoms with van der Waals surface area (Å²) < 4.78 is 81.6. The minimum atomic E-state index is -4.89. The third kappa shape index (κ3) is 5.98. The number of aromatic nitrogens is 2. The normalized spacial score (nSPS) is 18.9. The monoisotopic (exact) mass is 591 g/mol. The van der Waals surface area contributed by atoms with E-state index >= 15 is 4.39 Å². The number of methoxy groups -OCH3 is 1. The molecule has 42 heavy (non-hydrogen) atoms. The highest BCUT2D eigenvalue weighted by Gasteiger charge is 2.37. The van der Waals surface area contributed by atoms with Gasteiger partial charge < -0.3 is 25.0 Å². The SMILES string of the molecule is COc1cc(C(=O)N[C@@H]2CCN(C)C[C@@H]2F)c(F)cc1Nc1ncc(C(F)(F)F)c(Oc2cccc3c2C(=O)CC3)n1. The zero-order chi connectivity index (χ0) is 30.2. The molecule has 3 aromatic rings. The number of likely N-dealkylation sites (tertiary alicyclic amines) is 1. The maximum absolute atomic E-state index is 15.1. The molecule has 2 N–H and O–H groups in total. The van der Waals surface area contributed by atoms with Crippen molar-refractivity contribution in [2.24, 2.45) is 0 Å². The lowest BCUT2D eigenvalue weighted by molar-refractivity contribution is -0.139. The van der Waals surface area contributed by atoms with Gasteiger partial charge in [-0.3, -0.25) is 9.59 Å². The van der Waals surface area contributed by atoms with Crippen LogP contribution in [0.1, 0.15) is 44.7 Å². The Morgan fingerprint density at radius 2 is 1.95 bits per heavy atom. The molecule has 1 aliphatic heterocycles. The highest BCUT2D eigenvalue weighted by atomic mass is 19.4.